The fraction of sp³-hybridized carbons (Fsp3) is 0.222. The van der Waals surface area contributed by atoms with Crippen molar-refractivity contribution in [2.45, 2.75) is 24.5 Å². The van der Waals surface area contributed by atoms with E-state index in [1.807, 2.05) is 24.3 Å². The van der Waals surface area contributed by atoms with Gasteiger partial charge in [-0.2, -0.15) is 4.98 Å². The minimum absolute atomic E-state index is 0.554. The molecule has 3 aromatic rings. The zero-order chi connectivity index (χ0) is 16.2. The molecular formula is C18H18N2O2S. The van der Waals surface area contributed by atoms with Crippen molar-refractivity contribution >= 4 is 11.8 Å². The van der Waals surface area contributed by atoms with Gasteiger partial charge in [0.2, 0.25) is 11.7 Å². The smallest absolute Gasteiger partial charge is 0.237 e. The van der Waals surface area contributed by atoms with Crippen molar-refractivity contribution in [2.24, 2.45) is 0 Å². The molecule has 23 heavy (non-hydrogen) atoms. The first-order valence-electron chi connectivity index (χ1n) is 7.33. The molecule has 0 radical (unpaired) electrons. The van der Waals surface area contributed by atoms with Crippen LogP contribution < -0.4 is 4.74 Å². The lowest BCUT2D eigenvalue weighted by Crippen LogP contribution is -1.89. The first-order valence-corrected chi connectivity index (χ1v) is 8.32. The maximum absolute atomic E-state index is 5.37. The number of hydrogen-bond donors (Lipinski definition) is 0. The predicted molar refractivity (Wildman–Crippen MR) is 91.8 cm³/mol. The van der Waals surface area contributed by atoms with Gasteiger partial charge < -0.3 is 9.26 Å². The third-order valence-electron chi connectivity index (χ3n) is 3.50. The Morgan fingerprint density at radius 1 is 1.13 bits per heavy atom. The maximum atomic E-state index is 5.37. The van der Waals surface area contributed by atoms with Crippen LogP contribution in [0.15, 0.2) is 51.9 Å². The Labute approximate surface area is 139 Å². The number of aromatic nitrogens is 2. The molecule has 2 aromatic carbocycles. The second-order valence-electron chi connectivity index (χ2n) is 5.27. The number of para-hydroxylation sites is 1. The Morgan fingerprint density at radius 3 is 2.74 bits per heavy atom. The molecule has 0 saturated heterocycles. The summed E-state index contributed by atoms with van der Waals surface area (Å²) >= 11 is 1.70. The molecule has 3 rings (SSSR count). The second kappa shape index (κ2) is 6.87. The number of thioether (sulfide) groups is 1. The number of nitrogens with zero attached hydrogens (tertiary/aromatic N) is 2. The van der Waals surface area contributed by atoms with Crippen LogP contribution in [0.1, 0.15) is 17.0 Å². The lowest BCUT2D eigenvalue weighted by Gasteiger charge is -2.04. The van der Waals surface area contributed by atoms with Crippen molar-refractivity contribution in [1.82, 2.24) is 10.1 Å². The van der Waals surface area contributed by atoms with Crippen molar-refractivity contribution in [1.29, 1.82) is 0 Å². The average molecular weight is 326 g/mol. The third-order valence-corrected chi connectivity index (χ3v) is 4.66. The summed E-state index contributed by atoms with van der Waals surface area (Å²) < 4.78 is 10.7. The van der Waals surface area contributed by atoms with Crippen molar-refractivity contribution in [3.05, 3.63) is 59.5 Å². The van der Waals surface area contributed by atoms with E-state index in [1.54, 1.807) is 18.9 Å². The Hall–Kier alpha value is -2.27. The Bertz CT molecular complexity index is 814. The monoisotopic (exact) mass is 326 g/mol. The number of aryl methyl sites for hydroxylation is 2. The van der Waals surface area contributed by atoms with Crippen molar-refractivity contribution in [3.63, 3.8) is 0 Å². The normalized spacial score (nSPS) is 10.7. The molecule has 4 nitrogen and oxygen atoms in total. The highest BCUT2D eigenvalue weighted by Crippen LogP contribution is 2.29. The number of ether oxygens (including phenoxy) is 1. The summed E-state index contributed by atoms with van der Waals surface area (Å²) in [5.74, 6) is 2.54. The largest absolute Gasteiger partial charge is 0.496 e. The summed E-state index contributed by atoms with van der Waals surface area (Å²) in [4.78, 5) is 5.70. The number of benzene rings is 2. The molecule has 0 aliphatic rings. The van der Waals surface area contributed by atoms with Crippen LogP contribution in [0.5, 0.6) is 5.75 Å². The maximum Gasteiger partial charge on any atom is 0.237 e. The van der Waals surface area contributed by atoms with E-state index >= 15 is 0 Å². The van der Waals surface area contributed by atoms with Crippen LogP contribution in [0, 0.1) is 13.8 Å². The van der Waals surface area contributed by atoms with E-state index in [0.29, 0.717) is 17.5 Å². The molecule has 1 heterocycles. The van der Waals surface area contributed by atoms with Crippen LogP contribution in [-0.2, 0) is 5.75 Å². The lowest BCUT2D eigenvalue weighted by atomic mass is 10.2. The highest BCUT2D eigenvalue weighted by atomic mass is 32.2. The summed E-state index contributed by atoms with van der Waals surface area (Å²) in [6.07, 6.45) is 0. The van der Waals surface area contributed by atoms with E-state index < -0.39 is 0 Å². The zero-order valence-electron chi connectivity index (χ0n) is 13.4. The van der Waals surface area contributed by atoms with E-state index in [0.717, 1.165) is 11.3 Å². The first kappa shape index (κ1) is 15.6. The van der Waals surface area contributed by atoms with Crippen LogP contribution in [0.2, 0.25) is 0 Å². The molecule has 1 aromatic heterocycles. The van der Waals surface area contributed by atoms with Crippen molar-refractivity contribution in [2.75, 3.05) is 7.11 Å². The molecule has 0 saturated carbocycles. The van der Waals surface area contributed by atoms with Crippen LogP contribution in [-0.4, -0.2) is 17.3 Å². The van der Waals surface area contributed by atoms with Gasteiger partial charge in [0.25, 0.3) is 0 Å². The van der Waals surface area contributed by atoms with Crippen molar-refractivity contribution < 1.29 is 9.26 Å². The second-order valence-corrected chi connectivity index (χ2v) is 6.29. The predicted octanol–water partition coefficient (Wildman–Crippen LogP) is 4.65. The summed E-state index contributed by atoms with van der Waals surface area (Å²) in [6.45, 7) is 4.21. The zero-order valence-corrected chi connectivity index (χ0v) is 14.2. The number of hydrogen-bond acceptors (Lipinski definition) is 5. The molecule has 0 aliphatic heterocycles. The van der Waals surface area contributed by atoms with Gasteiger partial charge in [-0.25, -0.2) is 0 Å². The fourth-order valence-corrected chi connectivity index (χ4v) is 3.20. The molecular weight excluding hydrogens is 308 g/mol. The molecule has 0 bridgehead atoms. The molecule has 0 amide bonds. The summed E-state index contributed by atoms with van der Waals surface area (Å²) in [5, 5.41) is 4.06. The van der Waals surface area contributed by atoms with E-state index in [2.05, 4.69) is 42.2 Å². The first-order chi connectivity index (χ1) is 11.2. The third kappa shape index (κ3) is 3.56. The van der Waals surface area contributed by atoms with E-state index in [-0.39, 0.29) is 0 Å². The van der Waals surface area contributed by atoms with E-state index in [1.165, 1.54) is 16.0 Å². The van der Waals surface area contributed by atoms with Crippen molar-refractivity contribution in [3.8, 4) is 17.1 Å². The molecule has 0 fully saturated rings. The van der Waals surface area contributed by atoms with Gasteiger partial charge in [-0.3, -0.25) is 0 Å². The van der Waals surface area contributed by atoms with Gasteiger partial charge in [-0.05, 0) is 37.6 Å². The summed E-state index contributed by atoms with van der Waals surface area (Å²) in [5.41, 5.74) is 3.36. The van der Waals surface area contributed by atoms with Gasteiger partial charge >= 0.3 is 0 Å². The average Bonchev–Trinajstić information content (AvgIpc) is 3.03. The number of methoxy groups -OCH3 is 1. The molecule has 0 unspecified atom stereocenters. The summed E-state index contributed by atoms with van der Waals surface area (Å²) in [7, 11) is 1.63. The Kier molecular flexibility index (Phi) is 4.67. The minimum Gasteiger partial charge on any atom is -0.496 e. The minimum atomic E-state index is 0.554. The highest BCUT2D eigenvalue weighted by molar-refractivity contribution is 7.98. The lowest BCUT2D eigenvalue weighted by molar-refractivity contribution is 0.390. The van der Waals surface area contributed by atoms with Gasteiger partial charge in [0.05, 0.1) is 18.4 Å². The van der Waals surface area contributed by atoms with Gasteiger partial charge in [0.1, 0.15) is 5.75 Å². The van der Waals surface area contributed by atoms with Crippen LogP contribution in [0.25, 0.3) is 11.4 Å². The number of rotatable bonds is 5. The SMILES string of the molecule is COc1ccccc1-c1noc(CSc2ccc(C)cc2C)n1. The molecule has 0 aliphatic carbocycles. The van der Waals surface area contributed by atoms with Crippen LogP contribution in [0.4, 0.5) is 0 Å². The van der Waals surface area contributed by atoms with Crippen LogP contribution >= 0.6 is 11.8 Å². The van der Waals surface area contributed by atoms with Gasteiger partial charge in [0.15, 0.2) is 0 Å². The van der Waals surface area contributed by atoms with Crippen LogP contribution in [0.3, 0.4) is 0 Å². The quantitative estimate of drug-likeness (QED) is 0.638. The molecule has 0 N–H and O–H groups in total. The topological polar surface area (TPSA) is 48.2 Å². The highest BCUT2D eigenvalue weighted by Gasteiger charge is 2.13. The van der Waals surface area contributed by atoms with E-state index in [4.69, 9.17) is 9.26 Å². The molecule has 118 valence electrons. The Morgan fingerprint density at radius 2 is 1.96 bits per heavy atom. The van der Waals surface area contributed by atoms with Gasteiger partial charge in [-0.15, -0.1) is 11.8 Å². The van der Waals surface area contributed by atoms with Gasteiger partial charge in [0, 0.05) is 4.90 Å². The summed E-state index contributed by atoms with van der Waals surface area (Å²) in [6, 6.07) is 14.1. The van der Waals surface area contributed by atoms with E-state index in [9.17, 15) is 0 Å². The van der Waals surface area contributed by atoms with Gasteiger partial charge in [-0.1, -0.05) is 35.0 Å². The fourth-order valence-electron chi connectivity index (χ4n) is 2.35. The molecule has 0 atom stereocenters. The molecule has 0 spiro atoms. The Balaban J connectivity index is 1.75. The molecule has 5 heteroatoms. The standard InChI is InChI=1S/C18H18N2O2S/c1-12-8-9-16(13(2)10-12)23-11-17-19-18(20-22-17)14-6-4-5-7-15(14)21-3/h4-10H,11H2,1-3H3.